The molecule has 0 aliphatic carbocycles. The van der Waals surface area contributed by atoms with Gasteiger partial charge in [-0.25, -0.2) is 4.39 Å². The third kappa shape index (κ3) is 2.15. The van der Waals surface area contributed by atoms with E-state index in [1.165, 1.54) is 12.3 Å². The number of carbonyl (C=O) groups excluding carboxylic acids is 1. The summed E-state index contributed by atoms with van der Waals surface area (Å²) >= 11 is 0. The van der Waals surface area contributed by atoms with Gasteiger partial charge in [-0.15, -0.1) is 0 Å². The van der Waals surface area contributed by atoms with E-state index in [0.717, 1.165) is 5.56 Å². The molecule has 0 saturated heterocycles. The van der Waals surface area contributed by atoms with Crippen LogP contribution in [0.25, 0.3) is 10.8 Å². The van der Waals surface area contributed by atoms with Gasteiger partial charge < -0.3 is 4.42 Å². The van der Waals surface area contributed by atoms with Crippen LogP contribution in [0.4, 0.5) is 4.39 Å². The van der Waals surface area contributed by atoms with Gasteiger partial charge in [-0.2, -0.15) is 0 Å². The van der Waals surface area contributed by atoms with Crippen LogP contribution in [0.1, 0.15) is 15.9 Å². The molecule has 0 radical (unpaired) electrons. The number of ketones is 1. The maximum absolute atomic E-state index is 13.7. The maximum atomic E-state index is 13.7. The van der Waals surface area contributed by atoms with Crippen molar-refractivity contribution in [3.8, 4) is 0 Å². The molecule has 0 bridgehead atoms. The van der Waals surface area contributed by atoms with E-state index in [4.69, 9.17) is 4.42 Å². The average molecular weight is 254 g/mol. The van der Waals surface area contributed by atoms with Crippen molar-refractivity contribution in [1.82, 2.24) is 0 Å². The molecule has 0 amide bonds. The third-order valence-corrected chi connectivity index (χ3v) is 3.12. The van der Waals surface area contributed by atoms with Gasteiger partial charge in [0.15, 0.2) is 5.78 Å². The Morgan fingerprint density at radius 3 is 2.58 bits per heavy atom. The standard InChI is InChI=1S/C16H11FO2/c17-15-6-5-14(12-3-1-2-4-13(12)15)16(18)9-11-7-8-19-10-11/h1-8,10H,9H2. The predicted molar refractivity (Wildman–Crippen MR) is 70.6 cm³/mol. The van der Waals surface area contributed by atoms with E-state index in [2.05, 4.69) is 0 Å². The minimum absolute atomic E-state index is 0.0439. The molecule has 94 valence electrons. The molecule has 0 aliphatic rings. The van der Waals surface area contributed by atoms with Crippen LogP contribution in [0, 0.1) is 5.82 Å². The molecule has 3 aromatic rings. The topological polar surface area (TPSA) is 30.2 Å². The SMILES string of the molecule is O=C(Cc1ccoc1)c1ccc(F)c2ccccc12. The quantitative estimate of drug-likeness (QED) is 0.661. The molecule has 0 N–H and O–H groups in total. The van der Waals surface area contributed by atoms with Crippen molar-refractivity contribution < 1.29 is 13.6 Å². The Morgan fingerprint density at radius 1 is 1.05 bits per heavy atom. The number of hydrogen-bond donors (Lipinski definition) is 0. The molecule has 1 aromatic heterocycles. The van der Waals surface area contributed by atoms with E-state index in [9.17, 15) is 9.18 Å². The second-order valence-corrected chi connectivity index (χ2v) is 4.37. The molecule has 3 rings (SSSR count). The van der Waals surface area contributed by atoms with Crippen molar-refractivity contribution in [3.63, 3.8) is 0 Å². The molecular weight excluding hydrogens is 243 g/mol. The predicted octanol–water partition coefficient (Wildman–Crippen LogP) is 4.00. The number of carbonyl (C=O) groups is 1. The van der Waals surface area contributed by atoms with Gasteiger partial charge in [0.2, 0.25) is 0 Å². The van der Waals surface area contributed by atoms with Crippen LogP contribution in [0.3, 0.4) is 0 Å². The number of halogens is 1. The highest BCUT2D eigenvalue weighted by Gasteiger charge is 2.13. The Kier molecular flexibility index (Phi) is 2.88. The maximum Gasteiger partial charge on any atom is 0.167 e. The van der Waals surface area contributed by atoms with Crippen molar-refractivity contribution in [2.45, 2.75) is 6.42 Å². The summed E-state index contributed by atoms with van der Waals surface area (Å²) < 4.78 is 18.6. The van der Waals surface area contributed by atoms with E-state index in [1.54, 1.807) is 42.7 Å². The molecule has 2 nitrogen and oxygen atoms in total. The summed E-state index contributed by atoms with van der Waals surface area (Å²) in [6.07, 6.45) is 3.33. The van der Waals surface area contributed by atoms with Crippen molar-refractivity contribution in [2.75, 3.05) is 0 Å². The molecule has 0 fully saturated rings. The summed E-state index contributed by atoms with van der Waals surface area (Å²) in [5.74, 6) is -0.354. The fourth-order valence-electron chi connectivity index (χ4n) is 2.18. The van der Waals surface area contributed by atoms with Crippen molar-refractivity contribution in [2.24, 2.45) is 0 Å². The average Bonchev–Trinajstić information content (AvgIpc) is 2.92. The van der Waals surface area contributed by atoms with E-state index in [0.29, 0.717) is 16.3 Å². The van der Waals surface area contributed by atoms with Gasteiger partial charge in [-0.3, -0.25) is 4.79 Å². The zero-order valence-electron chi connectivity index (χ0n) is 10.1. The van der Waals surface area contributed by atoms with Crippen LogP contribution in [0.2, 0.25) is 0 Å². The molecule has 1 heterocycles. The fourth-order valence-corrected chi connectivity index (χ4v) is 2.18. The zero-order chi connectivity index (χ0) is 13.2. The highest BCUT2D eigenvalue weighted by atomic mass is 19.1. The van der Waals surface area contributed by atoms with Crippen LogP contribution in [0.15, 0.2) is 59.4 Å². The molecule has 19 heavy (non-hydrogen) atoms. The first-order valence-electron chi connectivity index (χ1n) is 5.97. The van der Waals surface area contributed by atoms with Crippen molar-refractivity contribution in [1.29, 1.82) is 0 Å². The number of Topliss-reactive ketones (excluding diaryl/α,β-unsaturated/α-hetero) is 1. The van der Waals surface area contributed by atoms with Crippen LogP contribution < -0.4 is 0 Å². The number of benzene rings is 2. The van der Waals surface area contributed by atoms with Crippen LogP contribution in [-0.4, -0.2) is 5.78 Å². The Morgan fingerprint density at radius 2 is 1.84 bits per heavy atom. The smallest absolute Gasteiger partial charge is 0.167 e. The molecule has 2 aromatic carbocycles. The minimum atomic E-state index is -0.310. The second kappa shape index (κ2) is 4.69. The first kappa shape index (κ1) is 11.7. The van der Waals surface area contributed by atoms with E-state index in [-0.39, 0.29) is 18.0 Å². The summed E-state index contributed by atoms with van der Waals surface area (Å²) in [7, 11) is 0. The first-order chi connectivity index (χ1) is 9.25. The van der Waals surface area contributed by atoms with Crippen molar-refractivity contribution >= 4 is 16.6 Å². The molecule has 0 aliphatic heterocycles. The van der Waals surface area contributed by atoms with Crippen molar-refractivity contribution in [3.05, 3.63) is 71.9 Å². The molecular formula is C16H11FO2. The Labute approximate surface area is 109 Å². The summed E-state index contributed by atoms with van der Waals surface area (Å²) in [6.45, 7) is 0. The van der Waals surface area contributed by atoms with Gasteiger partial charge in [-0.05, 0) is 29.1 Å². The highest BCUT2D eigenvalue weighted by molar-refractivity contribution is 6.08. The fraction of sp³-hybridized carbons (Fsp3) is 0.0625. The summed E-state index contributed by atoms with van der Waals surface area (Å²) in [6, 6.07) is 11.6. The third-order valence-electron chi connectivity index (χ3n) is 3.12. The number of hydrogen-bond acceptors (Lipinski definition) is 2. The molecule has 3 heteroatoms. The number of fused-ring (bicyclic) bond motifs is 1. The van der Waals surface area contributed by atoms with Gasteiger partial charge in [0.1, 0.15) is 5.82 Å². The number of furan rings is 1. The Hall–Kier alpha value is -2.42. The van der Waals surface area contributed by atoms with E-state index in [1.807, 2.05) is 0 Å². The lowest BCUT2D eigenvalue weighted by molar-refractivity contribution is 0.0994. The van der Waals surface area contributed by atoms with Gasteiger partial charge in [0, 0.05) is 17.4 Å². The number of rotatable bonds is 3. The largest absolute Gasteiger partial charge is 0.472 e. The normalized spacial score (nSPS) is 10.8. The van der Waals surface area contributed by atoms with Crippen LogP contribution in [-0.2, 0) is 6.42 Å². The second-order valence-electron chi connectivity index (χ2n) is 4.37. The van der Waals surface area contributed by atoms with E-state index < -0.39 is 0 Å². The first-order valence-corrected chi connectivity index (χ1v) is 5.97. The van der Waals surface area contributed by atoms with Gasteiger partial charge in [0.05, 0.1) is 12.5 Å². The van der Waals surface area contributed by atoms with Gasteiger partial charge in [0.25, 0.3) is 0 Å². The molecule has 0 saturated carbocycles. The van der Waals surface area contributed by atoms with Crippen LogP contribution >= 0.6 is 0 Å². The lowest BCUT2D eigenvalue weighted by atomic mass is 9.98. The lowest BCUT2D eigenvalue weighted by Gasteiger charge is -2.06. The monoisotopic (exact) mass is 254 g/mol. The molecule has 0 unspecified atom stereocenters. The van der Waals surface area contributed by atoms with E-state index >= 15 is 0 Å². The summed E-state index contributed by atoms with van der Waals surface area (Å²) in [4.78, 5) is 12.3. The van der Waals surface area contributed by atoms with Gasteiger partial charge >= 0.3 is 0 Å². The Balaban J connectivity index is 2.05. The minimum Gasteiger partial charge on any atom is -0.472 e. The Bertz CT molecular complexity index is 730. The molecule has 0 spiro atoms. The lowest BCUT2D eigenvalue weighted by Crippen LogP contribution is -2.04. The summed E-state index contributed by atoms with van der Waals surface area (Å²) in [5, 5.41) is 1.12. The van der Waals surface area contributed by atoms with Crippen LogP contribution in [0.5, 0.6) is 0 Å². The summed E-state index contributed by atoms with van der Waals surface area (Å²) in [5.41, 5.74) is 1.36. The highest BCUT2D eigenvalue weighted by Crippen LogP contribution is 2.23. The zero-order valence-corrected chi connectivity index (χ0v) is 10.1. The molecule has 0 atom stereocenters. The van der Waals surface area contributed by atoms with Gasteiger partial charge in [-0.1, -0.05) is 24.3 Å².